The molecule has 0 atom stereocenters. The van der Waals surface area contributed by atoms with E-state index in [2.05, 4.69) is 69.3 Å². The smallest absolute Gasteiger partial charge is 0.00367 e. The summed E-state index contributed by atoms with van der Waals surface area (Å²) in [5, 5.41) is 0. The Morgan fingerprint density at radius 2 is 1.26 bits per heavy atom. The molecular formula is C18H23N. The highest BCUT2D eigenvalue weighted by molar-refractivity contribution is 5.64. The Bertz CT molecular complexity index is 515. The quantitative estimate of drug-likeness (QED) is 0.873. The van der Waals surface area contributed by atoms with Gasteiger partial charge in [-0.3, -0.25) is 0 Å². The standard InChI is InChI=1S/C18H23N/c1-18(2,3)17-10-8-16(9-11-17)15-6-4-14(5-7-15)12-13-19/h4-11H,12-13,19H2,1-3H3. The lowest BCUT2D eigenvalue weighted by Crippen LogP contribution is -2.10. The zero-order chi connectivity index (χ0) is 13.9. The van der Waals surface area contributed by atoms with Crippen molar-refractivity contribution in [3.63, 3.8) is 0 Å². The topological polar surface area (TPSA) is 26.0 Å². The summed E-state index contributed by atoms with van der Waals surface area (Å²) in [7, 11) is 0. The van der Waals surface area contributed by atoms with Crippen molar-refractivity contribution in [3.05, 3.63) is 59.7 Å². The number of nitrogens with two attached hydrogens (primary N) is 1. The lowest BCUT2D eigenvalue weighted by atomic mass is 9.86. The summed E-state index contributed by atoms with van der Waals surface area (Å²) in [5.41, 5.74) is 11.0. The van der Waals surface area contributed by atoms with Crippen molar-refractivity contribution in [2.75, 3.05) is 6.54 Å². The van der Waals surface area contributed by atoms with E-state index in [1.807, 2.05) is 0 Å². The van der Waals surface area contributed by atoms with Gasteiger partial charge in [-0.15, -0.1) is 0 Å². The molecular weight excluding hydrogens is 230 g/mol. The van der Waals surface area contributed by atoms with Gasteiger partial charge < -0.3 is 5.73 Å². The van der Waals surface area contributed by atoms with E-state index >= 15 is 0 Å². The fourth-order valence-corrected chi connectivity index (χ4v) is 2.19. The summed E-state index contributed by atoms with van der Waals surface area (Å²) in [6.45, 7) is 7.43. The molecule has 0 saturated heterocycles. The lowest BCUT2D eigenvalue weighted by molar-refractivity contribution is 0.590. The van der Waals surface area contributed by atoms with Crippen LogP contribution < -0.4 is 5.73 Å². The molecule has 0 saturated carbocycles. The van der Waals surface area contributed by atoms with Gasteiger partial charge in [-0.25, -0.2) is 0 Å². The molecule has 0 bridgehead atoms. The third-order valence-corrected chi connectivity index (χ3v) is 3.47. The van der Waals surface area contributed by atoms with Gasteiger partial charge in [0.05, 0.1) is 0 Å². The first-order chi connectivity index (χ1) is 9.00. The predicted octanol–water partition coefficient (Wildman–Crippen LogP) is 4.15. The molecule has 0 aromatic heterocycles. The van der Waals surface area contributed by atoms with Crippen molar-refractivity contribution >= 4 is 0 Å². The monoisotopic (exact) mass is 253 g/mol. The first-order valence-corrected chi connectivity index (χ1v) is 6.90. The molecule has 0 fully saturated rings. The fraction of sp³-hybridized carbons (Fsp3) is 0.333. The summed E-state index contributed by atoms with van der Waals surface area (Å²) >= 11 is 0. The number of hydrogen-bond donors (Lipinski definition) is 1. The molecule has 2 N–H and O–H groups in total. The van der Waals surface area contributed by atoms with E-state index < -0.39 is 0 Å². The molecule has 2 rings (SSSR count). The highest BCUT2D eigenvalue weighted by Crippen LogP contribution is 2.26. The van der Waals surface area contributed by atoms with Crippen LogP contribution in [0, 0.1) is 0 Å². The zero-order valence-electron chi connectivity index (χ0n) is 12.1. The molecule has 0 spiro atoms. The summed E-state index contributed by atoms with van der Waals surface area (Å²) in [5.74, 6) is 0. The van der Waals surface area contributed by atoms with Crippen molar-refractivity contribution in [2.45, 2.75) is 32.6 Å². The summed E-state index contributed by atoms with van der Waals surface area (Å²) in [6, 6.07) is 17.6. The van der Waals surface area contributed by atoms with Gasteiger partial charge in [-0.2, -0.15) is 0 Å². The Kier molecular flexibility index (Phi) is 4.06. The number of benzene rings is 2. The van der Waals surface area contributed by atoms with Crippen molar-refractivity contribution in [3.8, 4) is 11.1 Å². The van der Waals surface area contributed by atoms with Crippen LogP contribution in [-0.2, 0) is 11.8 Å². The van der Waals surface area contributed by atoms with Crippen LogP contribution in [0.15, 0.2) is 48.5 Å². The van der Waals surface area contributed by atoms with E-state index in [-0.39, 0.29) is 5.41 Å². The molecule has 0 heterocycles. The van der Waals surface area contributed by atoms with Gasteiger partial charge in [-0.1, -0.05) is 69.3 Å². The van der Waals surface area contributed by atoms with E-state index in [0.29, 0.717) is 6.54 Å². The first-order valence-electron chi connectivity index (χ1n) is 6.90. The summed E-state index contributed by atoms with van der Waals surface area (Å²) in [6.07, 6.45) is 0.948. The molecule has 0 radical (unpaired) electrons. The Morgan fingerprint density at radius 1 is 0.789 bits per heavy atom. The minimum absolute atomic E-state index is 0.212. The van der Waals surface area contributed by atoms with Crippen LogP contribution in [0.4, 0.5) is 0 Å². The average molecular weight is 253 g/mol. The van der Waals surface area contributed by atoms with Crippen molar-refractivity contribution in [2.24, 2.45) is 5.73 Å². The van der Waals surface area contributed by atoms with E-state index in [0.717, 1.165) is 6.42 Å². The van der Waals surface area contributed by atoms with E-state index in [9.17, 15) is 0 Å². The van der Waals surface area contributed by atoms with Gasteiger partial charge in [-0.05, 0) is 40.6 Å². The molecule has 1 heteroatoms. The van der Waals surface area contributed by atoms with Gasteiger partial charge in [0.2, 0.25) is 0 Å². The Morgan fingerprint density at radius 3 is 1.68 bits per heavy atom. The van der Waals surface area contributed by atoms with Gasteiger partial charge in [0.1, 0.15) is 0 Å². The highest BCUT2D eigenvalue weighted by atomic mass is 14.5. The maximum absolute atomic E-state index is 5.57. The minimum Gasteiger partial charge on any atom is -0.330 e. The molecule has 0 aliphatic rings. The second kappa shape index (κ2) is 5.58. The lowest BCUT2D eigenvalue weighted by Gasteiger charge is -2.19. The first kappa shape index (κ1) is 13.8. The SMILES string of the molecule is CC(C)(C)c1ccc(-c2ccc(CCN)cc2)cc1. The van der Waals surface area contributed by atoms with Crippen LogP contribution in [0.5, 0.6) is 0 Å². The van der Waals surface area contributed by atoms with Crippen molar-refractivity contribution in [1.82, 2.24) is 0 Å². The second-order valence-corrected chi connectivity index (χ2v) is 6.06. The number of hydrogen-bond acceptors (Lipinski definition) is 1. The Balaban J connectivity index is 2.22. The Labute approximate surface area is 116 Å². The van der Waals surface area contributed by atoms with E-state index in [4.69, 9.17) is 5.73 Å². The summed E-state index contributed by atoms with van der Waals surface area (Å²) < 4.78 is 0. The van der Waals surface area contributed by atoms with Crippen molar-refractivity contribution < 1.29 is 0 Å². The zero-order valence-corrected chi connectivity index (χ0v) is 12.1. The van der Waals surface area contributed by atoms with Gasteiger partial charge >= 0.3 is 0 Å². The molecule has 1 nitrogen and oxygen atoms in total. The van der Waals surface area contributed by atoms with Gasteiger partial charge in [0, 0.05) is 0 Å². The fourth-order valence-electron chi connectivity index (χ4n) is 2.19. The molecule has 2 aromatic rings. The van der Waals surface area contributed by atoms with Crippen LogP contribution in [-0.4, -0.2) is 6.54 Å². The molecule has 100 valence electrons. The van der Waals surface area contributed by atoms with Crippen LogP contribution in [0.3, 0.4) is 0 Å². The van der Waals surface area contributed by atoms with Crippen LogP contribution in [0.1, 0.15) is 31.9 Å². The molecule has 0 unspecified atom stereocenters. The third-order valence-electron chi connectivity index (χ3n) is 3.47. The molecule has 19 heavy (non-hydrogen) atoms. The Hall–Kier alpha value is -1.60. The third kappa shape index (κ3) is 3.45. The van der Waals surface area contributed by atoms with Crippen LogP contribution in [0.25, 0.3) is 11.1 Å². The average Bonchev–Trinajstić information content (AvgIpc) is 2.39. The summed E-state index contributed by atoms with van der Waals surface area (Å²) in [4.78, 5) is 0. The molecule has 2 aromatic carbocycles. The van der Waals surface area contributed by atoms with E-state index in [1.54, 1.807) is 0 Å². The maximum atomic E-state index is 5.57. The molecule has 0 amide bonds. The number of rotatable bonds is 3. The van der Waals surface area contributed by atoms with Crippen LogP contribution >= 0.6 is 0 Å². The minimum atomic E-state index is 0.212. The predicted molar refractivity (Wildman–Crippen MR) is 83.3 cm³/mol. The van der Waals surface area contributed by atoms with Gasteiger partial charge in [0.25, 0.3) is 0 Å². The van der Waals surface area contributed by atoms with Crippen molar-refractivity contribution in [1.29, 1.82) is 0 Å². The largest absolute Gasteiger partial charge is 0.330 e. The molecule has 0 aliphatic heterocycles. The second-order valence-electron chi connectivity index (χ2n) is 6.06. The molecule has 0 aliphatic carbocycles. The van der Waals surface area contributed by atoms with E-state index in [1.165, 1.54) is 22.3 Å². The van der Waals surface area contributed by atoms with Gasteiger partial charge in [0.15, 0.2) is 0 Å². The maximum Gasteiger partial charge on any atom is -0.00367 e. The normalized spacial score (nSPS) is 11.6. The highest BCUT2D eigenvalue weighted by Gasteiger charge is 2.12. The van der Waals surface area contributed by atoms with Crippen LogP contribution in [0.2, 0.25) is 0 Å².